The van der Waals surface area contributed by atoms with Crippen LogP contribution in [0.15, 0.2) is 34.0 Å². The van der Waals surface area contributed by atoms with Crippen LogP contribution in [0.1, 0.15) is 27.7 Å². The van der Waals surface area contributed by atoms with E-state index < -0.39 is 29.3 Å². The van der Waals surface area contributed by atoms with Gasteiger partial charge in [-0.2, -0.15) is 9.65 Å². The number of rotatable bonds is 1. The summed E-state index contributed by atoms with van der Waals surface area (Å²) in [6.07, 6.45) is -0.563. The minimum Gasteiger partial charge on any atom is -0.433 e. The fraction of sp³-hybridized carbons (Fsp3) is 0.0769. The van der Waals surface area contributed by atoms with Crippen molar-refractivity contribution in [1.82, 2.24) is 9.55 Å². The number of nitrogens with one attached hydrogen (secondary N) is 1. The highest BCUT2D eigenvalue weighted by Crippen LogP contribution is 2.32. The van der Waals surface area contributed by atoms with Crippen LogP contribution in [0.4, 0.5) is 4.39 Å². The number of halogens is 1. The van der Waals surface area contributed by atoms with Crippen LogP contribution in [0.25, 0.3) is 0 Å². The van der Waals surface area contributed by atoms with E-state index in [9.17, 15) is 18.8 Å². The van der Waals surface area contributed by atoms with Gasteiger partial charge in [-0.3, -0.25) is 14.3 Å². The summed E-state index contributed by atoms with van der Waals surface area (Å²) in [6.45, 7) is 0. The van der Waals surface area contributed by atoms with Gasteiger partial charge < -0.3 is 4.74 Å². The molecule has 1 aliphatic rings. The van der Waals surface area contributed by atoms with Crippen molar-refractivity contribution in [2.24, 2.45) is 0 Å². The summed E-state index contributed by atoms with van der Waals surface area (Å²) < 4.78 is 19.1. The van der Waals surface area contributed by atoms with Gasteiger partial charge in [0.25, 0.3) is 5.56 Å². The summed E-state index contributed by atoms with van der Waals surface area (Å²) in [6, 6.07) is 6.27. The minimum atomic E-state index is -1.22. The van der Waals surface area contributed by atoms with E-state index in [0.29, 0.717) is 6.20 Å². The van der Waals surface area contributed by atoms with E-state index in [2.05, 4.69) is 0 Å². The number of nitrogens with zero attached hydrogens (tertiary/aromatic N) is 2. The third-order valence-electron chi connectivity index (χ3n) is 3.08. The minimum absolute atomic E-state index is 0.0310. The van der Waals surface area contributed by atoms with E-state index in [1.165, 1.54) is 18.2 Å². The molecule has 1 aromatic carbocycles. The van der Waals surface area contributed by atoms with Crippen LogP contribution in [-0.2, 0) is 4.74 Å². The molecule has 2 heterocycles. The number of carbonyl (C=O) groups is 1. The topological polar surface area (TPSA) is 105 Å². The third kappa shape index (κ3) is 1.83. The number of cyclic esters (lactones) is 1. The number of nitriles is 1. The molecule has 0 amide bonds. The number of ether oxygens (including phenoxy) is 1. The van der Waals surface area contributed by atoms with Crippen LogP contribution >= 0.6 is 0 Å². The number of aromatic nitrogens is 2. The van der Waals surface area contributed by atoms with Crippen LogP contribution in [0, 0.1) is 17.1 Å². The van der Waals surface area contributed by atoms with Crippen molar-refractivity contribution in [2.75, 3.05) is 0 Å². The number of esters is 1. The molecule has 1 unspecified atom stereocenters. The van der Waals surface area contributed by atoms with Crippen molar-refractivity contribution in [3.63, 3.8) is 0 Å². The Bertz CT molecular complexity index is 922. The number of aromatic amines is 1. The average molecular weight is 287 g/mol. The molecule has 1 N–H and O–H groups in total. The summed E-state index contributed by atoms with van der Waals surface area (Å²) in [5.41, 5.74) is -1.70. The largest absolute Gasteiger partial charge is 0.433 e. The van der Waals surface area contributed by atoms with Gasteiger partial charge in [-0.05, 0) is 6.07 Å². The molecule has 1 aliphatic heterocycles. The predicted octanol–water partition coefficient (Wildman–Crippen LogP) is 0.265. The molecule has 8 heteroatoms. The van der Waals surface area contributed by atoms with Gasteiger partial charge in [0.05, 0.1) is 17.3 Å². The zero-order chi connectivity index (χ0) is 15.1. The van der Waals surface area contributed by atoms with E-state index in [-0.39, 0.29) is 16.7 Å². The number of fused-ring (bicyclic) bond motifs is 1. The third-order valence-corrected chi connectivity index (χ3v) is 3.08. The van der Waals surface area contributed by atoms with Crippen molar-refractivity contribution in [3.8, 4) is 6.07 Å². The first-order chi connectivity index (χ1) is 10.0. The monoisotopic (exact) mass is 287 g/mol. The SMILES string of the molecule is N#Cc1cccc2c1C(=O)OC2n1cc(F)c(=O)[nH]c1=O. The maximum atomic E-state index is 13.3. The van der Waals surface area contributed by atoms with Crippen LogP contribution in [0.3, 0.4) is 0 Å². The van der Waals surface area contributed by atoms with Gasteiger partial charge in [0.15, 0.2) is 0 Å². The Morgan fingerprint density at radius 1 is 1.33 bits per heavy atom. The van der Waals surface area contributed by atoms with Gasteiger partial charge in [0.2, 0.25) is 12.0 Å². The van der Waals surface area contributed by atoms with Crippen LogP contribution in [-0.4, -0.2) is 15.5 Å². The van der Waals surface area contributed by atoms with E-state index in [4.69, 9.17) is 10.00 Å². The molecule has 0 radical (unpaired) electrons. The zero-order valence-corrected chi connectivity index (χ0v) is 10.3. The lowest BCUT2D eigenvalue weighted by atomic mass is 10.0. The fourth-order valence-electron chi connectivity index (χ4n) is 2.16. The fourth-order valence-corrected chi connectivity index (χ4v) is 2.16. The van der Waals surface area contributed by atoms with Gasteiger partial charge in [-0.25, -0.2) is 9.59 Å². The van der Waals surface area contributed by atoms with Crippen LogP contribution < -0.4 is 11.2 Å². The summed E-state index contributed by atoms with van der Waals surface area (Å²) in [5, 5.41) is 8.98. The van der Waals surface area contributed by atoms with E-state index in [1.54, 1.807) is 4.98 Å². The highest BCUT2D eigenvalue weighted by molar-refractivity contribution is 5.96. The first-order valence-corrected chi connectivity index (χ1v) is 5.78. The summed E-state index contributed by atoms with van der Waals surface area (Å²) >= 11 is 0. The Hall–Kier alpha value is -3.21. The number of hydrogen-bond donors (Lipinski definition) is 1. The van der Waals surface area contributed by atoms with E-state index in [1.807, 2.05) is 6.07 Å². The van der Waals surface area contributed by atoms with Gasteiger partial charge >= 0.3 is 11.7 Å². The molecule has 104 valence electrons. The molecule has 0 spiro atoms. The molecule has 0 saturated carbocycles. The van der Waals surface area contributed by atoms with Crippen molar-refractivity contribution in [3.05, 3.63) is 67.7 Å². The standard InChI is InChI=1S/C13H6FN3O4/c14-8-5-17(13(20)16-10(8)18)11-7-3-1-2-6(4-15)9(7)12(19)21-11/h1-3,5,11H,(H,16,18,20). The summed E-state index contributed by atoms with van der Waals surface area (Å²) in [5.74, 6) is -1.97. The molecule has 3 rings (SSSR count). The number of H-pyrrole nitrogens is 1. The molecular weight excluding hydrogens is 281 g/mol. The van der Waals surface area contributed by atoms with Crippen molar-refractivity contribution in [2.45, 2.75) is 6.23 Å². The normalized spacial score (nSPS) is 16.2. The number of hydrogen-bond acceptors (Lipinski definition) is 5. The van der Waals surface area contributed by atoms with Crippen molar-refractivity contribution < 1.29 is 13.9 Å². The lowest BCUT2D eigenvalue weighted by Crippen LogP contribution is -2.34. The lowest BCUT2D eigenvalue weighted by molar-refractivity contribution is 0.0307. The van der Waals surface area contributed by atoms with Crippen LogP contribution in [0.5, 0.6) is 0 Å². The van der Waals surface area contributed by atoms with Crippen molar-refractivity contribution in [1.29, 1.82) is 5.26 Å². The number of benzene rings is 1. The summed E-state index contributed by atoms with van der Waals surface area (Å²) in [7, 11) is 0. The second kappa shape index (κ2) is 4.42. The Balaban J connectivity index is 2.24. The molecule has 0 bridgehead atoms. The molecule has 2 aromatic rings. The lowest BCUT2D eigenvalue weighted by Gasteiger charge is -2.13. The second-order valence-corrected chi connectivity index (χ2v) is 4.28. The molecular formula is C13H6FN3O4. The first kappa shape index (κ1) is 12.8. The van der Waals surface area contributed by atoms with Gasteiger partial charge in [-0.15, -0.1) is 0 Å². The van der Waals surface area contributed by atoms with Crippen LogP contribution in [0.2, 0.25) is 0 Å². The Morgan fingerprint density at radius 2 is 2.10 bits per heavy atom. The maximum Gasteiger partial charge on any atom is 0.342 e. The van der Waals surface area contributed by atoms with E-state index in [0.717, 1.165) is 4.57 Å². The molecule has 21 heavy (non-hydrogen) atoms. The predicted molar refractivity (Wildman–Crippen MR) is 66.0 cm³/mol. The Kier molecular flexibility index (Phi) is 2.69. The molecule has 0 aliphatic carbocycles. The molecule has 0 fully saturated rings. The maximum absolute atomic E-state index is 13.3. The van der Waals surface area contributed by atoms with Gasteiger partial charge in [0.1, 0.15) is 6.07 Å². The van der Waals surface area contributed by atoms with E-state index >= 15 is 0 Å². The smallest absolute Gasteiger partial charge is 0.342 e. The quantitative estimate of drug-likeness (QED) is 0.758. The molecule has 0 saturated heterocycles. The number of carbonyl (C=O) groups excluding carboxylic acids is 1. The molecule has 7 nitrogen and oxygen atoms in total. The Morgan fingerprint density at radius 3 is 2.81 bits per heavy atom. The highest BCUT2D eigenvalue weighted by Gasteiger charge is 2.35. The van der Waals surface area contributed by atoms with Crippen molar-refractivity contribution >= 4 is 5.97 Å². The Labute approximate surface area is 115 Å². The first-order valence-electron chi connectivity index (χ1n) is 5.78. The molecule has 1 atom stereocenters. The second-order valence-electron chi connectivity index (χ2n) is 4.28. The highest BCUT2D eigenvalue weighted by atomic mass is 19.1. The van der Waals surface area contributed by atoms with Gasteiger partial charge in [-0.1, -0.05) is 12.1 Å². The molecule has 1 aromatic heterocycles. The van der Waals surface area contributed by atoms with Gasteiger partial charge in [0, 0.05) is 5.56 Å². The average Bonchev–Trinajstić information content (AvgIpc) is 2.80. The zero-order valence-electron chi connectivity index (χ0n) is 10.3. The summed E-state index contributed by atoms with van der Waals surface area (Å²) in [4.78, 5) is 36.4.